The Morgan fingerprint density at radius 1 is 1.38 bits per heavy atom. The Kier molecular flexibility index (Phi) is 5.88. The summed E-state index contributed by atoms with van der Waals surface area (Å²) in [5, 5.41) is 5.40. The van der Waals surface area contributed by atoms with Crippen LogP contribution in [-0.4, -0.2) is 25.7 Å². The molecule has 0 aromatic heterocycles. The Morgan fingerprint density at radius 2 is 2.08 bits per heavy atom. The third kappa shape index (κ3) is 4.08. The highest BCUT2D eigenvalue weighted by atomic mass is 79.9. The molecular weight excluding hydrogens is 376 g/mol. The number of carbonyl (C=O) groups is 2. The van der Waals surface area contributed by atoms with Crippen LogP contribution in [0.5, 0.6) is 5.75 Å². The van der Waals surface area contributed by atoms with Gasteiger partial charge in [-0.3, -0.25) is 0 Å². The van der Waals surface area contributed by atoms with E-state index in [-0.39, 0.29) is 11.9 Å². The number of methoxy groups -OCH3 is 1. The molecule has 0 fully saturated rings. The van der Waals surface area contributed by atoms with Crippen molar-refractivity contribution in [2.45, 2.75) is 26.8 Å². The van der Waals surface area contributed by atoms with Crippen LogP contribution in [0.25, 0.3) is 0 Å². The van der Waals surface area contributed by atoms with Gasteiger partial charge in [0.2, 0.25) is 0 Å². The zero-order chi connectivity index (χ0) is 17.9. The molecule has 2 amide bonds. The van der Waals surface area contributed by atoms with Crippen molar-refractivity contribution in [1.82, 2.24) is 10.6 Å². The molecule has 0 saturated carbocycles. The summed E-state index contributed by atoms with van der Waals surface area (Å²) >= 11 is 3.43. The summed E-state index contributed by atoms with van der Waals surface area (Å²) in [5.41, 5.74) is 1.64. The molecule has 0 saturated heterocycles. The standard InChI is InChI=1S/C17H21BrN2O4/c1-9(2)8-24-16(21)14-10(3)19-17(22)20-15(14)11-5-6-13(23-4)12(18)7-11/h5-7,9,15H,8H2,1-4H3,(H2,19,20,22). The number of nitrogens with one attached hydrogen (secondary N) is 2. The first-order chi connectivity index (χ1) is 11.3. The maximum absolute atomic E-state index is 12.5. The van der Waals surface area contributed by atoms with E-state index in [1.807, 2.05) is 26.0 Å². The molecule has 1 heterocycles. The number of allylic oxidation sites excluding steroid dienone is 1. The van der Waals surface area contributed by atoms with Gasteiger partial charge in [-0.25, -0.2) is 9.59 Å². The Morgan fingerprint density at radius 3 is 2.67 bits per heavy atom. The molecule has 24 heavy (non-hydrogen) atoms. The molecule has 2 rings (SSSR count). The van der Waals surface area contributed by atoms with Gasteiger partial charge in [-0.15, -0.1) is 0 Å². The van der Waals surface area contributed by atoms with Gasteiger partial charge in [0.1, 0.15) is 5.75 Å². The van der Waals surface area contributed by atoms with Crippen LogP contribution in [0.4, 0.5) is 4.79 Å². The number of urea groups is 1. The monoisotopic (exact) mass is 396 g/mol. The average Bonchev–Trinajstić information content (AvgIpc) is 2.51. The largest absolute Gasteiger partial charge is 0.496 e. The van der Waals surface area contributed by atoms with Crippen molar-refractivity contribution >= 4 is 27.9 Å². The van der Waals surface area contributed by atoms with E-state index in [9.17, 15) is 9.59 Å². The second-order valence-corrected chi connectivity index (χ2v) is 6.81. The minimum atomic E-state index is -0.583. The van der Waals surface area contributed by atoms with E-state index in [0.717, 1.165) is 10.0 Å². The average molecular weight is 397 g/mol. The Labute approximate surface area is 149 Å². The summed E-state index contributed by atoms with van der Waals surface area (Å²) in [4.78, 5) is 24.4. The van der Waals surface area contributed by atoms with Gasteiger partial charge in [-0.2, -0.15) is 0 Å². The quantitative estimate of drug-likeness (QED) is 0.748. The van der Waals surface area contributed by atoms with E-state index in [4.69, 9.17) is 9.47 Å². The summed E-state index contributed by atoms with van der Waals surface area (Å²) in [6.45, 7) is 5.94. The molecular formula is C17H21BrN2O4. The van der Waals surface area contributed by atoms with Crippen molar-refractivity contribution in [3.05, 3.63) is 39.5 Å². The SMILES string of the molecule is COc1ccc(C2NC(=O)NC(C)=C2C(=O)OCC(C)C)cc1Br. The lowest BCUT2D eigenvalue weighted by atomic mass is 9.95. The first kappa shape index (κ1) is 18.3. The lowest BCUT2D eigenvalue weighted by molar-refractivity contribution is -0.140. The molecule has 2 N–H and O–H groups in total. The third-order valence-corrected chi connectivity index (χ3v) is 4.17. The van der Waals surface area contributed by atoms with Gasteiger partial charge in [0.05, 0.1) is 29.8 Å². The summed E-state index contributed by atoms with van der Waals surface area (Å²) in [6, 6.07) is 4.46. The molecule has 7 heteroatoms. The van der Waals surface area contributed by atoms with Crippen LogP contribution in [0, 0.1) is 5.92 Å². The fourth-order valence-corrected chi connectivity index (χ4v) is 2.96. The van der Waals surface area contributed by atoms with Crippen molar-refractivity contribution in [2.75, 3.05) is 13.7 Å². The van der Waals surface area contributed by atoms with Gasteiger partial charge < -0.3 is 20.1 Å². The van der Waals surface area contributed by atoms with E-state index >= 15 is 0 Å². The topological polar surface area (TPSA) is 76.7 Å². The summed E-state index contributed by atoms with van der Waals surface area (Å²) in [7, 11) is 1.57. The number of hydrogen-bond donors (Lipinski definition) is 2. The molecule has 0 bridgehead atoms. The number of esters is 1. The number of amides is 2. The predicted molar refractivity (Wildman–Crippen MR) is 93.6 cm³/mol. The van der Waals surface area contributed by atoms with Crippen LogP contribution in [0.2, 0.25) is 0 Å². The molecule has 0 radical (unpaired) electrons. The van der Waals surface area contributed by atoms with Gasteiger partial charge in [-0.1, -0.05) is 19.9 Å². The number of rotatable bonds is 5. The first-order valence-corrected chi connectivity index (χ1v) is 8.41. The van der Waals surface area contributed by atoms with Gasteiger partial charge in [0.25, 0.3) is 0 Å². The highest BCUT2D eigenvalue weighted by molar-refractivity contribution is 9.10. The Hall–Kier alpha value is -2.02. The molecule has 6 nitrogen and oxygen atoms in total. The van der Waals surface area contributed by atoms with Crippen LogP contribution in [0.15, 0.2) is 33.9 Å². The third-order valence-electron chi connectivity index (χ3n) is 3.55. The molecule has 0 spiro atoms. The maximum Gasteiger partial charge on any atom is 0.338 e. The summed E-state index contributed by atoms with van der Waals surface area (Å²) in [6.07, 6.45) is 0. The second kappa shape index (κ2) is 7.70. The van der Waals surface area contributed by atoms with Crippen LogP contribution in [0.1, 0.15) is 32.4 Å². The van der Waals surface area contributed by atoms with Gasteiger partial charge in [0.15, 0.2) is 0 Å². The van der Waals surface area contributed by atoms with Gasteiger partial charge in [0, 0.05) is 5.70 Å². The number of hydrogen-bond acceptors (Lipinski definition) is 4. The number of ether oxygens (including phenoxy) is 2. The van der Waals surface area contributed by atoms with E-state index in [0.29, 0.717) is 23.6 Å². The van der Waals surface area contributed by atoms with E-state index in [1.165, 1.54) is 0 Å². The van der Waals surface area contributed by atoms with Crippen LogP contribution < -0.4 is 15.4 Å². The van der Waals surface area contributed by atoms with Crippen molar-refractivity contribution < 1.29 is 19.1 Å². The number of benzene rings is 1. The van der Waals surface area contributed by atoms with E-state index in [2.05, 4.69) is 26.6 Å². The van der Waals surface area contributed by atoms with Crippen molar-refractivity contribution in [3.63, 3.8) is 0 Å². The highest BCUT2D eigenvalue weighted by Crippen LogP contribution is 2.33. The molecule has 1 aliphatic rings. The van der Waals surface area contributed by atoms with Crippen molar-refractivity contribution in [2.24, 2.45) is 5.92 Å². The molecule has 130 valence electrons. The van der Waals surface area contributed by atoms with Gasteiger partial charge >= 0.3 is 12.0 Å². The molecule has 1 aromatic carbocycles. The van der Waals surface area contributed by atoms with Crippen LogP contribution in [0.3, 0.4) is 0 Å². The normalized spacial score (nSPS) is 17.4. The highest BCUT2D eigenvalue weighted by Gasteiger charge is 2.32. The molecule has 1 atom stereocenters. The first-order valence-electron chi connectivity index (χ1n) is 7.62. The van der Waals surface area contributed by atoms with Crippen molar-refractivity contribution in [1.29, 1.82) is 0 Å². The molecule has 0 aliphatic carbocycles. The fraction of sp³-hybridized carbons (Fsp3) is 0.412. The lowest BCUT2D eigenvalue weighted by Crippen LogP contribution is -2.45. The number of halogens is 1. The predicted octanol–water partition coefficient (Wildman–Crippen LogP) is 3.28. The molecule has 1 aliphatic heterocycles. The second-order valence-electron chi connectivity index (χ2n) is 5.96. The van der Waals surface area contributed by atoms with Crippen LogP contribution in [-0.2, 0) is 9.53 Å². The molecule has 1 aromatic rings. The van der Waals surface area contributed by atoms with E-state index in [1.54, 1.807) is 20.1 Å². The smallest absolute Gasteiger partial charge is 0.338 e. The summed E-state index contributed by atoms with van der Waals surface area (Å²) in [5.74, 6) is 0.462. The minimum absolute atomic E-state index is 0.231. The number of carbonyl (C=O) groups excluding carboxylic acids is 2. The summed E-state index contributed by atoms with van der Waals surface area (Å²) < 4.78 is 11.3. The van der Waals surface area contributed by atoms with Crippen LogP contribution >= 0.6 is 15.9 Å². The lowest BCUT2D eigenvalue weighted by Gasteiger charge is -2.28. The maximum atomic E-state index is 12.5. The molecule has 1 unspecified atom stereocenters. The fourth-order valence-electron chi connectivity index (χ4n) is 2.40. The zero-order valence-corrected chi connectivity index (χ0v) is 15.7. The van der Waals surface area contributed by atoms with E-state index < -0.39 is 12.0 Å². The van der Waals surface area contributed by atoms with Crippen molar-refractivity contribution in [3.8, 4) is 5.75 Å². The minimum Gasteiger partial charge on any atom is -0.496 e. The zero-order valence-electron chi connectivity index (χ0n) is 14.1. The Balaban J connectivity index is 2.37. The Bertz CT molecular complexity index is 685. The van der Waals surface area contributed by atoms with Gasteiger partial charge in [-0.05, 0) is 46.5 Å².